The molecule has 6 heteroatoms. The number of carboxylic acid groups (broad SMARTS) is 1. The zero-order valence-corrected chi connectivity index (χ0v) is 12.1. The first-order valence-corrected chi connectivity index (χ1v) is 6.58. The van der Waals surface area contributed by atoms with Gasteiger partial charge in [-0.15, -0.1) is 0 Å². The van der Waals surface area contributed by atoms with E-state index in [0.29, 0.717) is 21.5 Å². The first-order chi connectivity index (χ1) is 8.45. The SMILES string of the molecule is CCC(CNC(=O)c1cc(Cl)ccc1Br)C(=O)O. The van der Waals surface area contributed by atoms with E-state index >= 15 is 0 Å². The third-order valence-corrected chi connectivity index (χ3v) is 3.45. The van der Waals surface area contributed by atoms with E-state index in [-0.39, 0.29) is 12.5 Å². The minimum Gasteiger partial charge on any atom is -0.481 e. The van der Waals surface area contributed by atoms with Crippen molar-refractivity contribution in [2.24, 2.45) is 5.92 Å². The van der Waals surface area contributed by atoms with E-state index in [1.807, 2.05) is 0 Å². The highest BCUT2D eigenvalue weighted by molar-refractivity contribution is 9.10. The molecule has 0 aliphatic rings. The number of hydrogen-bond acceptors (Lipinski definition) is 2. The summed E-state index contributed by atoms with van der Waals surface area (Å²) < 4.78 is 0.618. The zero-order chi connectivity index (χ0) is 13.7. The van der Waals surface area contributed by atoms with Gasteiger partial charge in [0.05, 0.1) is 11.5 Å². The van der Waals surface area contributed by atoms with Gasteiger partial charge in [0.25, 0.3) is 5.91 Å². The second kappa shape index (κ2) is 6.75. The highest BCUT2D eigenvalue weighted by Crippen LogP contribution is 2.21. The van der Waals surface area contributed by atoms with Crippen LogP contribution in [0, 0.1) is 5.92 Å². The highest BCUT2D eigenvalue weighted by Gasteiger charge is 2.17. The van der Waals surface area contributed by atoms with Crippen LogP contribution < -0.4 is 5.32 Å². The molecule has 0 heterocycles. The number of carbonyl (C=O) groups excluding carboxylic acids is 1. The van der Waals surface area contributed by atoms with E-state index in [0.717, 1.165) is 0 Å². The summed E-state index contributed by atoms with van der Waals surface area (Å²) in [5.74, 6) is -1.83. The Hall–Kier alpha value is -1.07. The highest BCUT2D eigenvalue weighted by atomic mass is 79.9. The standard InChI is InChI=1S/C12H13BrClNO3/c1-2-7(12(17)18)6-15-11(16)9-5-8(14)3-4-10(9)13/h3-5,7H,2,6H2,1H3,(H,15,16)(H,17,18). The number of hydrogen-bond donors (Lipinski definition) is 2. The van der Waals surface area contributed by atoms with Crippen LogP contribution in [0.1, 0.15) is 23.7 Å². The van der Waals surface area contributed by atoms with Crippen molar-refractivity contribution in [2.45, 2.75) is 13.3 Å². The predicted octanol–water partition coefficient (Wildman–Crippen LogP) is 2.94. The molecule has 0 saturated heterocycles. The first kappa shape index (κ1) is 15.0. The van der Waals surface area contributed by atoms with Gasteiger partial charge in [-0.1, -0.05) is 18.5 Å². The molecule has 1 unspecified atom stereocenters. The lowest BCUT2D eigenvalue weighted by molar-refractivity contribution is -0.141. The van der Waals surface area contributed by atoms with Crippen LogP contribution in [0.4, 0.5) is 0 Å². The quantitative estimate of drug-likeness (QED) is 0.870. The van der Waals surface area contributed by atoms with Gasteiger partial charge >= 0.3 is 5.97 Å². The molecule has 18 heavy (non-hydrogen) atoms. The van der Waals surface area contributed by atoms with Crippen molar-refractivity contribution < 1.29 is 14.7 Å². The minimum atomic E-state index is -0.914. The molecule has 2 N–H and O–H groups in total. The van der Waals surface area contributed by atoms with Crippen LogP contribution in [-0.4, -0.2) is 23.5 Å². The second-order valence-corrected chi connectivity index (χ2v) is 5.07. The monoisotopic (exact) mass is 333 g/mol. The fourth-order valence-electron chi connectivity index (χ4n) is 1.39. The zero-order valence-electron chi connectivity index (χ0n) is 9.74. The van der Waals surface area contributed by atoms with E-state index in [9.17, 15) is 9.59 Å². The van der Waals surface area contributed by atoms with Crippen molar-refractivity contribution >= 4 is 39.4 Å². The van der Waals surface area contributed by atoms with Gasteiger partial charge in [0.2, 0.25) is 0 Å². The van der Waals surface area contributed by atoms with Gasteiger partial charge in [-0.3, -0.25) is 9.59 Å². The summed E-state index contributed by atoms with van der Waals surface area (Å²) in [6.45, 7) is 1.86. The molecule has 0 fully saturated rings. The number of rotatable bonds is 5. The maximum absolute atomic E-state index is 11.9. The molecule has 4 nitrogen and oxygen atoms in total. The number of carbonyl (C=O) groups is 2. The molecular weight excluding hydrogens is 321 g/mol. The van der Waals surface area contributed by atoms with Crippen LogP contribution in [-0.2, 0) is 4.79 Å². The Morgan fingerprint density at radius 1 is 1.50 bits per heavy atom. The van der Waals surface area contributed by atoms with Crippen molar-refractivity contribution in [1.82, 2.24) is 5.32 Å². The van der Waals surface area contributed by atoms with Gasteiger partial charge in [0.15, 0.2) is 0 Å². The molecule has 0 saturated carbocycles. The lowest BCUT2D eigenvalue weighted by Gasteiger charge is -2.12. The average molecular weight is 335 g/mol. The van der Waals surface area contributed by atoms with Crippen LogP contribution in [0.15, 0.2) is 22.7 Å². The summed E-state index contributed by atoms with van der Waals surface area (Å²) in [4.78, 5) is 22.7. The van der Waals surface area contributed by atoms with Crippen LogP contribution in [0.5, 0.6) is 0 Å². The summed E-state index contributed by atoms with van der Waals surface area (Å²) in [6.07, 6.45) is 0.465. The smallest absolute Gasteiger partial charge is 0.308 e. The molecule has 1 rings (SSSR count). The maximum atomic E-state index is 11.9. The van der Waals surface area contributed by atoms with Crippen LogP contribution in [0.3, 0.4) is 0 Å². The number of benzene rings is 1. The Morgan fingerprint density at radius 3 is 2.72 bits per heavy atom. The Labute approximate surface area is 118 Å². The van der Waals surface area contributed by atoms with E-state index in [1.54, 1.807) is 19.1 Å². The Bertz CT molecular complexity index is 465. The van der Waals surface area contributed by atoms with Gasteiger partial charge in [-0.25, -0.2) is 0 Å². The van der Waals surface area contributed by atoms with E-state index in [2.05, 4.69) is 21.2 Å². The molecule has 0 radical (unpaired) electrons. The van der Waals surface area contributed by atoms with Gasteiger partial charge in [-0.05, 0) is 40.5 Å². The molecular formula is C12H13BrClNO3. The molecule has 1 atom stereocenters. The Kier molecular flexibility index (Phi) is 5.62. The number of aliphatic carboxylic acids is 1. The summed E-state index contributed by atoms with van der Waals surface area (Å²) in [5, 5.41) is 11.9. The molecule has 0 aliphatic heterocycles. The van der Waals surface area contributed by atoms with Gasteiger partial charge in [-0.2, -0.15) is 0 Å². The van der Waals surface area contributed by atoms with Gasteiger partial charge < -0.3 is 10.4 Å². The molecule has 1 aromatic rings. The van der Waals surface area contributed by atoms with Crippen molar-refractivity contribution in [3.63, 3.8) is 0 Å². The molecule has 0 spiro atoms. The summed E-state index contributed by atoms with van der Waals surface area (Å²) in [5.41, 5.74) is 0.391. The summed E-state index contributed by atoms with van der Waals surface area (Å²) >= 11 is 9.05. The third kappa shape index (κ3) is 3.99. The summed E-state index contributed by atoms with van der Waals surface area (Å²) in [6, 6.07) is 4.86. The minimum absolute atomic E-state index is 0.101. The van der Waals surface area contributed by atoms with E-state index < -0.39 is 11.9 Å². The third-order valence-electron chi connectivity index (χ3n) is 2.52. The first-order valence-electron chi connectivity index (χ1n) is 5.41. The van der Waals surface area contributed by atoms with Gasteiger partial charge in [0.1, 0.15) is 0 Å². The van der Waals surface area contributed by atoms with Crippen molar-refractivity contribution in [3.8, 4) is 0 Å². The lowest BCUT2D eigenvalue weighted by atomic mass is 10.1. The van der Waals surface area contributed by atoms with E-state index in [4.69, 9.17) is 16.7 Å². The lowest BCUT2D eigenvalue weighted by Crippen LogP contribution is -2.32. The molecule has 1 aromatic carbocycles. The topological polar surface area (TPSA) is 66.4 Å². The Balaban J connectivity index is 2.71. The van der Waals surface area contributed by atoms with Crippen molar-refractivity contribution in [3.05, 3.63) is 33.3 Å². The average Bonchev–Trinajstić information content (AvgIpc) is 2.32. The number of nitrogens with one attached hydrogen (secondary N) is 1. The molecule has 0 aliphatic carbocycles. The molecule has 0 bridgehead atoms. The molecule has 98 valence electrons. The van der Waals surface area contributed by atoms with Crippen molar-refractivity contribution in [1.29, 1.82) is 0 Å². The van der Waals surface area contributed by atoms with Gasteiger partial charge in [0, 0.05) is 16.0 Å². The fraction of sp³-hybridized carbons (Fsp3) is 0.333. The van der Waals surface area contributed by atoms with Crippen LogP contribution in [0.25, 0.3) is 0 Å². The number of amides is 1. The largest absolute Gasteiger partial charge is 0.481 e. The molecule has 0 aromatic heterocycles. The normalized spacial score (nSPS) is 11.9. The Morgan fingerprint density at radius 2 is 2.17 bits per heavy atom. The second-order valence-electron chi connectivity index (χ2n) is 3.78. The van der Waals surface area contributed by atoms with Crippen molar-refractivity contribution in [2.75, 3.05) is 6.54 Å². The fourth-order valence-corrected chi connectivity index (χ4v) is 1.99. The van der Waals surface area contributed by atoms with Crippen LogP contribution in [0.2, 0.25) is 5.02 Å². The maximum Gasteiger partial charge on any atom is 0.308 e. The number of halogens is 2. The molecule has 1 amide bonds. The summed E-state index contributed by atoms with van der Waals surface area (Å²) in [7, 11) is 0. The van der Waals surface area contributed by atoms with E-state index in [1.165, 1.54) is 6.07 Å². The predicted molar refractivity (Wildman–Crippen MR) is 72.9 cm³/mol. The number of carboxylic acids is 1. The van der Waals surface area contributed by atoms with Crippen LogP contribution >= 0.6 is 27.5 Å².